The van der Waals surface area contributed by atoms with Crippen LogP contribution < -0.4 is 5.32 Å². The third kappa shape index (κ3) is 3.52. The third-order valence-electron chi connectivity index (χ3n) is 3.48. The van der Waals surface area contributed by atoms with Gasteiger partial charge in [0.2, 0.25) is 0 Å². The zero-order chi connectivity index (χ0) is 16.1. The van der Waals surface area contributed by atoms with Crippen molar-refractivity contribution in [3.63, 3.8) is 0 Å². The molecule has 0 aromatic heterocycles. The average Bonchev–Trinajstić information content (AvgIpc) is 2.52. The lowest BCUT2D eigenvalue weighted by Crippen LogP contribution is -2.44. The van der Waals surface area contributed by atoms with Crippen LogP contribution >= 0.6 is 0 Å². The van der Waals surface area contributed by atoms with Crippen molar-refractivity contribution in [1.29, 1.82) is 0 Å². The van der Waals surface area contributed by atoms with E-state index < -0.39 is 12.0 Å². The Balaban J connectivity index is 2.33. The molecule has 2 rings (SSSR count). The summed E-state index contributed by atoms with van der Waals surface area (Å²) in [5, 5.41) is 11.8. The van der Waals surface area contributed by atoms with Gasteiger partial charge in [0.15, 0.2) is 0 Å². The van der Waals surface area contributed by atoms with Gasteiger partial charge >= 0.3 is 5.97 Å². The monoisotopic (exact) mass is 297 g/mol. The number of carboxylic acid groups (broad SMARTS) is 1. The van der Waals surface area contributed by atoms with Gasteiger partial charge in [0.25, 0.3) is 5.91 Å². The summed E-state index contributed by atoms with van der Waals surface area (Å²) in [5.41, 5.74) is 2.18. The first-order valence-electron chi connectivity index (χ1n) is 7.19. The van der Waals surface area contributed by atoms with E-state index in [1.54, 1.807) is 26.0 Å². The largest absolute Gasteiger partial charge is 0.480 e. The molecule has 0 aliphatic heterocycles. The minimum atomic E-state index is -1.03. The minimum absolute atomic E-state index is 0.190. The van der Waals surface area contributed by atoms with Crippen molar-refractivity contribution < 1.29 is 14.7 Å². The molecular formula is C18H19NO3. The van der Waals surface area contributed by atoms with E-state index in [1.807, 2.05) is 42.5 Å². The predicted molar refractivity (Wildman–Crippen MR) is 85.6 cm³/mol. The van der Waals surface area contributed by atoms with Gasteiger partial charge in [-0.2, -0.15) is 0 Å². The molecule has 0 saturated heterocycles. The number of aliphatic carboxylic acids is 1. The van der Waals surface area contributed by atoms with Crippen molar-refractivity contribution in [1.82, 2.24) is 5.32 Å². The number of benzene rings is 2. The van der Waals surface area contributed by atoms with Gasteiger partial charge in [-0.25, -0.2) is 4.79 Å². The molecule has 0 radical (unpaired) electrons. The molecule has 0 heterocycles. The van der Waals surface area contributed by atoms with Gasteiger partial charge in [-0.1, -0.05) is 62.4 Å². The Labute approximate surface area is 129 Å². The molecule has 0 spiro atoms. The molecule has 1 atom stereocenters. The van der Waals surface area contributed by atoms with E-state index in [1.165, 1.54) is 0 Å². The van der Waals surface area contributed by atoms with Gasteiger partial charge in [-0.15, -0.1) is 0 Å². The molecule has 0 saturated carbocycles. The summed E-state index contributed by atoms with van der Waals surface area (Å²) in [6.07, 6.45) is 0. The molecule has 0 aliphatic rings. The van der Waals surface area contributed by atoms with Gasteiger partial charge in [0, 0.05) is 5.56 Å². The smallest absolute Gasteiger partial charge is 0.326 e. The Morgan fingerprint density at radius 1 is 0.955 bits per heavy atom. The van der Waals surface area contributed by atoms with E-state index in [-0.39, 0.29) is 11.8 Å². The lowest BCUT2D eigenvalue weighted by atomic mass is 9.98. The summed E-state index contributed by atoms with van der Waals surface area (Å²) >= 11 is 0. The van der Waals surface area contributed by atoms with Gasteiger partial charge in [-0.05, 0) is 23.1 Å². The second-order valence-electron chi connectivity index (χ2n) is 5.44. The summed E-state index contributed by atoms with van der Waals surface area (Å²) in [6, 6.07) is 15.8. The Kier molecular flexibility index (Phi) is 4.94. The highest BCUT2D eigenvalue weighted by atomic mass is 16.4. The van der Waals surface area contributed by atoms with E-state index in [0.717, 1.165) is 11.1 Å². The first kappa shape index (κ1) is 15.8. The fourth-order valence-electron chi connectivity index (χ4n) is 2.28. The van der Waals surface area contributed by atoms with E-state index in [2.05, 4.69) is 5.32 Å². The Bertz CT molecular complexity index is 665. The van der Waals surface area contributed by atoms with Gasteiger partial charge < -0.3 is 10.4 Å². The van der Waals surface area contributed by atoms with Crippen LogP contribution in [-0.4, -0.2) is 23.0 Å². The van der Waals surface area contributed by atoms with Crippen LogP contribution in [0.1, 0.15) is 24.2 Å². The topological polar surface area (TPSA) is 66.4 Å². The minimum Gasteiger partial charge on any atom is -0.480 e. The number of rotatable bonds is 5. The number of hydrogen-bond acceptors (Lipinski definition) is 2. The highest BCUT2D eigenvalue weighted by molar-refractivity contribution is 6.02. The molecule has 1 unspecified atom stereocenters. The maximum atomic E-state index is 12.5. The molecule has 4 heteroatoms. The van der Waals surface area contributed by atoms with Crippen LogP contribution in [0.4, 0.5) is 0 Å². The fraction of sp³-hybridized carbons (Fsp3) is 0.222. The van der Waals surface area contributed by atoms with Crippen LogP contribution in [0.15, 0.2) is 54.6 Å². The number of carboxylic acids is 1. The Hall–Kier alpha value is -2.62. The fourth-order valence-corrected chi connectivity index (χ4v) is 2.28. The lowest BCUT2D eigenvalue weighted by Gasteiger charge is -2.19. The summed E-state index contributed by atoms with van der Waals surface area (Å²) in [7, 11) is 0. The Morgan fingerprint density at radius 2 is 1.55 bits per heavy atom. The van der Waals surface area contributed by atoms with Crippen LogP contribution in [0.2, 0.25) is 0 Å². The first-order valence-corrected chi connectivity index (χ1v) is 7.19. The third-order valence-corrected chi connectivity index (χ3v) is 3.48. The van der Waals surface area contributed by atoms with Gasteiger partial charge in [0.05, 0.1) is 0 Å². The van der Waals surface area contributed by atoms with E-state index in [0.29, 0.717) is 5.56 Å². The van der Waals surface area contributed by atoms with Gasteiger partial charge in [0.1, 0.15) is 6.04 Å². The second kappa shape index (κ2) is 6.89. The molecule has 114 valence electrons. The molecule has 2 N–H and O–H groups in total. The maximum Gasteiger partial charge on any atom is 0.326 e. The molecule has 22 heavy (non-hydrogen) atoms. The van der Waals surface area contributed by atoms with Crippen molar-refractivity contribution in [3.8, 4) is 11.1 Å². The molecule has 0 fully saturated rings. The molecule has 2 aromatic rings. The van der Waals surface area contributed by atoms with E-state index in [4.69, 9.17) is 0 Å². The van der Waals surface area contributed by atoms with Crippen LogP contribution in [0.3, 0.4) is 0 Å². The lowest BCUT2D eigenvalue weighted by molar-refractivity contribution is -0.140. The van der Waals surface area contributed by atoms with Crippen molar-refractivity contribution in [2.24, 2.45) is 5.92 Å². The van der Waals surface area contributed by atoms with Gasteiger partial charge in [-0.3, -0.25) is 4.79 Å². The standard InChI is InChI=1S/C18H19NO3/c1-12(2)16(18(21)22)19-17(20)15-11-7-6-10-14(15)13-8-4-3-5-9-13/h3-12,16H,1-2H3,(H,19,20)(H,21,22). The van der Waals surface area contributed by atoms with Crippen molar-refractivity contribution in [2.75, 3.05) is 0 Å². The molecular weight excluding hydrogens is 278 g/mol. The molecule has 4 nitrogen and oxygen atoms in total. The quantitative estimate of drug-likeness (QED) is 0.890. The predicted octanol–water partition coefficient (Wildman–Crippen LogP) is 3.19. The highest BCUT2D eigenvalue weighted by Gasteiger charge is 2.24. The zero-order valence-electron chi connectivity index (χ0n) is 12.6. The summed E-state index contributed by atoms with van der Waals surface area (Å²) in [5.74, 6) is -1.59. The van der Waals surface area contributed by atoms with Crippen LogP contribution in [0.5, 0.6) is 0 Å². The molecule has 1 amide bonds. The van der Waals surface area contributed by atoms with Crippen LogP contribution in [0.25, 0.3) is 11.1 Å². The summed E-state index contributed by atoms with van der Waals surface area (Å²) in [4.78, 5) is 23.7. The van der Waals surface area contributed by atoms with Crippen molar-refractivity contribution in [2.45, 2.75) is 19.9 Å². The summed E-state index contributed by atoms with van der Waals surface area (Å²) in [6.45, 7) is 3.53. The number of amides is 1. The highest BCUT2D eigenvalue weighted by Crippen LogP contribution is 2.23. The number of nitrogens with one attached hydrogen (secondary N) is 1. The van der Waals surface area contributed by atoms with E-state index >= 15 is 0 Å². The normalized spacial score (nSPS) is 12.0. The number of hydrogen-bond donors (Lipinski definition) is 2. The van der Waals surface area contributed by atoms with Crippen LogP contribution in [-0.2, 0) is 4.79 Å². The Morgan fingerprint density at radius 3 is 2.14 bits per heavy atom. The van der Waals surface area contributed by atoms with Crippen molar-refractivity contribution >= 4 is 11.9 Å². The first-order chi connectivity index (χ1) is 10.5. The SMILES string of the molecule is CC(C)C(NC(=O)c1ccccc1-c1ccccc1)C(=O)O. The average molecular weight is 297 g/mol. The molecule has 0 aliphatic carbocycles. The zero-order valence-corrected chi connectivity index (χ0v) is 12.6. The van der Waals surface area contributed by atoms with Crippen LogP contribution in [0, 0.1) is 5.92 Å². The number of carbonyl (C=O) groups is 2. The van der Waals surface area contributed by atoms with Crippen molar-refractivity contribution in [3.05, 3.63) is 60.2 Å². The second-order valence-corrected chi connectivity index (χ2v) is 5.44. The van der Waals surface area contributed by atoms with E-state index in [9.17, 15) is 14.7 Å². The number of carbonyl (C=O) groups excluding carboxylic acids is 1. The molecule has 0 bridgehead atoms. The maximum absolute atomic E-state index is 12.5. The summed E-state index contributed by atoms with van der Waals surface area (Å²) < 4.78 is 0. The molecule has 2 aromatic carbocycles.